The van der Waals surface area contributed by atoms with Crippen molar-refractivity contribution in [2.75, 3.05) is 0 Å². The normalized spacial score (nSPS) is 13.0. The lowest BCUT2D eigenvalue weighted by molar-refractivity contribution is 0.861. The SMILES string of the molecule is C=C[C@H](N)c1[nH]c(C)cc1C. The van der Waals surface area contributed by atoms with Crippen molar-refractivity contribution in [2.24, 2.45) is 5.73 Å². The van der Waals surface area contributed by atoms with Crippen LogP contribution in [0.2, 0.25) is 0 Å². The second-order valence-corrected chi connectivity index (χ2v) is 2.81. The van der Waals surface area contributed by atoms with E-state index in [1.165, 1.54) is 5.56 Å². The molecule has 0 radical (unpaired) electrons. The van der Waals surface area contributed by atoms with Gasteiger partial charge in [0.25, 0.3) is 0 Å². The molecule has 1 aromatic heterocycles. The minimum absolute atomic E-state index is 0.0660. The van der Waals surface area contributed by atoms with E-state index in [1.54, 1.807) is 6.08 Å². The molecule has 0 bridgehead atoms. The largest absolute Gasteiger partial charge is 0.361 e. The van der Waals surface area contributed by atoms with Gasteiger partial charge in [-0.2, -0.15) is 0 Å². The molecule has 0 aliphatic rings. The maximum Gasteiger partial charge on any atom is 0.0633 e. The van der Waals surface area contributed by atoms with Crippen molar-refractivity contribution in [3.05, 3.63) is 35.7 Å². The first-order valence-corrected chi connectivity index (χ1v) is 3.69. The van der Waals surface area contributed by atoms with E-state index >= 15 is 0 Å². The molecule has 0 fully saturated rings. The van der Waals surface area contributed by atoms with Crippen molar-refractivity contribution in [3.8, 4) is 0 Å². The Morgan fingerprint density at radius 3 is 2.64 bits per heavy atom. The summed E-state index contributed by atoms with van der Waals surface area (Å²) in [7, 11) is 0. The molecule has 60 valence electrons. The number of rotatable bonds is 2. The molecule has 0 saturated carbocycles. The van der Waals surface area contributed by atoms with Gasteiger partial charge < -0.3 is 10.7 Å². The molecule has 1 aromatic rings. The van der Waals surface area contributed by atoms with Crippen molar-refractivity contribution in [3.63, 3.8) is 0 Å². The fourth-order valence-electron chi connectivity index (χ4n) is 1.21. The van der Waals surface area contributed by atoms with Crippen LogP contribution in [0, 0.1) is 13.8 Å². The molecule has 11 heavy (non-hydrogen) atoms. The summed E-state index contributed by atoms with van der Waals surface area (Å²) in [5, 5.41) is 0. The molecule has 0 amide bonds. The highest BCUT2D eigenvalue weighted by Gasteiger charge is 2.06. The van der Waals surface area contributed by atoms with Gasteiger partial charge in [0.15, 0.2) is 0 Å². The lowest BCUT2D eigenvalue weighted by atomic mass is 10.1. The quantitative estimate of drug-likeness (QED) is 0.620. The van der Waals surface area contributed by atoms with Gasteiger partial charge in [-0.05, 0) is 25.5 Å². The van der Waals surface area contributed by atoms with Crippen LogP contribution in [0.4, 0.5) is 0 Å². The minimum atomic E-state index is -0.0660. The van der Waals surface area contributed by atoms with Gasteiger partial charge in [-0.1, -0.05) is 6.08 Å². The van der Waals surface area contributed by atoms with Gasteiger partial charge in [-0.15, -0.1) is 6.58 Å². The number of aryl methyl sites for hydroxylation is 2. The first kappa shape index (κ1) is 8.08. The van der Waals surface area contributed by atoms with Crippen LogP contribution >= 0.6 is 0 Å². The van der Waals surface area contributed by atoms with Crippen LogP contribution in [0.1, 0.15) is 23.0 Å². The molecule has 0 saturated heterocycles. The fourth-order valence-corrected chi connectivity index (χ4v) is 1.21. The number of nitrogens with one attached hydrogen (secondary N) is 1. The summed E-state index contributed by atoms with van der Waals surface area (Å²) in [5.41, 5.74) is 9.18. The average molecular weight is 150 g/mol. The molecule has 0 aliphatic carbocycles. The zero-order chi connectivity index (χ0) is 8.43. The van der Waals surface area contributed by atoms with Crippen molar-refractivity contribution in [1.82, 2.24) is 4.98 Å². The van der Waals surface area contributed by atoms with E-state index in [0.717, 1.165) is 11.4 Å². The van der Waals surface area contributed by atoms with Gasteiger partial charge in [-0.25, -0.2) is 0 Å². The first-order valence-electron chi connectivity index (χ1n) is 3.69. The third kappa shape index (κ3) is 1.52. The summed E-state index contributed by atoms with van der Waals surface area (Å²) >= 11 is 0. The van der Waals surface area contributed by atoms with Crippen LogP contribution in [0.15, 0.2) is 18.7 Å². The molecule has 0 spiro atoms. The number of aromatic amines is 1. The van der Waals surface area contributed by atoms with E-state index in [2.05, 4.69) is 17.6 Å². The Bertz CT molecular complexity index is 261. The van der Waals surface area contributed by atoms with Gasteiger partial charge in [0.2, 0.25) is 0 Å². The second-order valence-electron chi connectivity index (χ2n) is 2.81. The molecule has 1 rings (SSSR count). The minimum Gasteiger partial charge on any atom is -0.361 e. The summed E-state index contributed by atoms with van der Waals surface area (Å²) in [4.78, 5) is 3.20. The maximum atomic E-state index is 5.76. The van der Waals surface area contributed by atoms with Crippen molar-refractivity contribution < 1.29 is 0 Å². The Balaban J connectivity index is 3.02. The molecule has 0 unspecified atom stereocenters. The van der Waals surface area contributed by atoms with Gasteiger partial charge in [0.1, 0.15) is 0 Å². The Labute approximate surface area is 67.1 Å². The summed E-state index contributed by atoms with van der Waals surface area (Å²) in [6.45, 7) is 7.71. The van der Waals surface area contributed by atoms with Crippen LogP contribution in [-0.2, 0) is 0 Å². The third-order valence-corrected chi connectivity index (χ3v) is 1.78. The highest BCUT2D eigenvalue weighted by Crippen LogP contribution is 2.15. The van der Waals surface area contributed by atoms with E-state index in [9.17, 15) is 0 Å². The Morgan fingerprint density at radius 2 is 2.27 bits per heavy atom. The van der Waals surface area contributed by atoms with Crippen molar-refractivity contribution in [2.45, 2.75) is 19.9 Å². The second kappa shape index (κ2) is 2.93. The van der Waals surface area contributed by atoms with E-state index in [0.29, 0.717) is 0 Å². The van der Waals surface area contributed by atoms with Crippen LogP contribution in [0.3, 0.4) is 0 Å². The highest BCUT2D eigenvalue weighted by atomic mass is 14.8. The number of hydrogen-bond acceptors (Lipinski definition) is 1. The molecule has 1 heterocycles. The molecular formula is C9H14N2. The molecule has 2 heteroatoms. The maximum absolute atomic E-state index is 5.76. The van der Waals surface area contributed by atoms with Crippen LogP contribution in [0.5, 0.6) is 0 Å². The average Bonchev–Trinajstić information content (AvgIpc) is 2.28. The van der Waals surface area contributed by atoms with Gasteiger partial charge >= 0.3 is 0 Å². The summed E-state index contributed by atoms with van der Waals surface area (Å²) in [5.74, 6) is 0. The monoisotopic (exact) mass is 150 g/mol. The van der Waals surface area contributed by atoms with Crippen LogP contribution in [-0.4, -0.2) is 4.98 Å². The lowest BCUT2D eigenvalue weighted by Gasteiger charge is -2.04. The lowest BCUT2D eigenvalue weighted by Crippen LogP contribution is -2.08. The zero-order valence-electron chi connectivity index (χ0n) is 7.02. The van der Waals surface area contributed by atoms with Gasteiger partial charge in [0, 0.05) is 11.4 Å². The number of aromatic nitrogens is 1. The number of nitrogens with two attached hydrogens (primary N) is 1. The van der Waals surface area contributed by atoms with Crippen LogP contribution in [0.25, 0.3) is 0 Å². The predicted molar refractivity (Wildman–Crippen MR) is 47.4 cm³/mol. The summed E-state index contributed by atoms with van der Waals surface area (Å²) in [6.07, 6.45) is 1.73. The van der Waals surface area contributed by atoms with Crippen LogP contribution < -0.4 is 5.73 Å². The Hall–Kier alpha value is -1.02. The molecule has 0 aromatic carbocycles. The standard InChI is InChI=1S/C9H14N2/c1-4-8(10)9-6(2)5-7(3)11-9/h4-5,8,11H,1,10H2,2-3H3/t8-/m0/s1. The topological polar surface area (TPSA) is 41.8 Å². The highest BCUT2D eigenvalue weighted by molar-refractivity contribution is 5.28. The van der Waals surface area contributed by atoms with E-state index < -0.39 is 0 Å². The number of hydrogen-bond donors (Lipinski definition) is 2. The molecular weight excluding hydrogens is 136 g/mol. The predicted octanol–water partition coefficient (Wildman–Crippen LogP) is 1.82. The van der Waals surface area contributed by atoms with Gasteiger partial charge in [-0.3, -0.25) is 0 Å². The third-order valence-electron chi connectivity index (χ3n) is 1.78. The first-order chi connectivity index (χ1) is 5.15. The van der Waals surface area contributed by atoms with Gasteiger partial charge in [0.05, 0.1) is 6.04 Å². The Morgan fingerprint density at radius 1 is 1.64 bits per heavy atom. The molecule has 2 nitrogen and oxygen atoms in total. The van der Waals surface area contributed by atoms with E-state index in [-0.39, 0.29) is 6.04 Å². The van der Waals surface area contributed by atoms with Crippen molar-refractivity contribution in [1.29, 1.82) is 0 Å². The number of H-pyrrole nitrogens is 1. The smallest absolute Gasteiger partial charge is 0.0633 e. The zero-order valence-corrected chi connectivity index (χ0v) is 7.02. The van der Waals surface area contributed by atoms with E-state index in [4.69, 9.17) is 5.73 Å². The van der Waals surface area contributed by atoms with Crippen molar-refractivity contribution >= 4 is 0 Å². The summed E-state index contributed by atoms with van der Waals surface area (Å²) < 4.78 is 0. The molecule has 0 aliphatic heterocycles. The fraction of sp³-hybridized carbons (Fsp3) is 0.333. The molecule has 3 N–H and O–H groups in total. The Kier molecular flexibility index (Phi) is 2.15. The summed E-state index contributed by atoms with van der Waals surface area (Å²) in [6, 6.07) is 2.02. The van der Waals surface area contributed by atoms with E-state index in [1.807, 2.05) is 13.8 Å². The molecule has 1 atom stereocenters.